The number of thioether (sulfide) groups is 1. The lowest BCUT2D eigenvalue weighted by molar-refractivity contribution is -0.385. The van der Waals surface area contributed by atoms with Crippen LogP contribution < -0.4 is 0 Å². The first-order valence-corrected chi connectivity index (χ1v) is 7.30. The number of nitro benzene ring substituents is 1. The zero-order valence-corrected chi connectivity index (χ0v) is 11.9. The average Bonchev–Trinajstić information content (AvgIpc) is 2.46. The maximum Gasteiger partial charge on any atom is 0.283 e. The van der Waals surface area contributed by atoms with E-state index in [1.807, 2.05) is 0 Å². The molecule has 0 radical (unpaired) electrons. The van der Waals surface area contributed by atoms with Gasteiger partial charge in [-0.3, -0.25) is 14.9 Å². The Hall–Kier alpha value is -1.78. The van der Waals surface area contributed by atoms with Gasteiger partial charge in [-0.25, -0.2) is 0 Å². The number of carbonyl (C=O) groups excluding carboxylic acids is 1. The summed E-state index contributed by atoms with van der Waals surface area (Å²) in [6.07, 6.45) is 0. The monoisotopic (exact) mass is 311 g/mol. The van der Waals surface area contributed by atoms with E-state index in [0.29, 0.717) is 18.1 Å². The van der Waals surface area contributed by atoms with Gasteiger partial charge in [-0.1, -0.05) is 11.6 Å². The third-order valence-corrected chi connectivity index (χ3v) is 4.18. The van der Waals surface area contributed by atoms with Crippen LogP contribution in [0, 0.1) is 21.4 Å². The molecular weight excluding hydrogens is 302 g/mol. The molecule has 0 aromatic heterocycles. The Balaban J connectivity index is 2.38. The third-order valence-electron chi connectivity index (χ3n) is 2.93. The topological polar surface area (TPSA) is 87.2 Å². The molecule has 2 rings (SSSR count). The highest BCUT2D eigenvalue weighted by atomic mass is 35.5. The molecule has 1 amide bonds. The highest BCUT2D eigenvalue weighted by Crippen LogP contribution is 2.26. The summed E-state index contributed by atoms with van der Waals surface area (Å²) in [5.74, 6) is 0.731. The fourth-order valence-electron chi connectivity index (χ4n) is 1.95. The van der Waals surface area contributed by atoms with Crippen LogP contribution in [-0.2, 0) is 0 Å². The second-order valence-corrected chi connectivity index (χ2v) is 5.72. The van der Waals surface area contributed by atoms with E-state index in [0.717, 1.165) is 6.07 Å². The lowest BCUT2D eigenvalue weighted by Crippen LogP contribution is -2.45. The number of hydrogen-bond donors (Lipinski definition) is 0. The molecule has 20 heavy (non-hydrogen) atoms. The molecule has 8 heteroatoms. The predicted molar refractivity (Wildman–Crippen MR) is 75.9 cm³/mol. The van der Waals surface area contributed by atoms with E-state index in [1.54, 1.807) is 11.8 Å². The van der Waals surface area contributed by atoms with Crippen LogP contribution in [0.25, 0.3) is 0 Å². The van der Waals surface area contributed by atoms with E-state index in [-0.39, 0.29) is 16.3 Å². The number of carbonyl (C=O) groups is 1. The van der Waals surface area contributed by atoms with Crippen molar-refractivity contribution in [3.8, 4) is 6.07 Å². The van der Waals surface area contributed by atoms with Gasteiger partial charge in [0, 0.05) is 29.1 Å². The van der Waals surface area contributed by atoms with Crippen molar-refractivity contribution in [3.63, 3.8) is 0 Å². The molecule has 1 fully saturated rings. The van der Waals surface area contributed by atoms with Gasteiger partial charge in [0.2, 0.25) is 0 Å². The third kappa shape index (κ3) is 2.86. The van der Waals surface area contributed by atoms with Crippen molar-refractivity contribution in [1.29, 1.82) is 5.26 Å². The van der Waals surface area contributed by atoms with E-state index < -0.39 is 16.9 Å². The molecule has 1 aliphatic heterocycles. The molecule has 1 aromatic carbocycles. The predicted octanol–water partition coefficient (Wildman–Crippen LogP) is 2.33. The average molecular weight is 312 g/mol. The number of nitro groups is 1. The molecule has 1 saturated heterocycles. The van der Waals surface area contributed by atoms with E-state index in [4.69, 9.17) is 16.9 Å². The Labute approximate surface area is 124 Å². The molecule has 6 nitrogen and oxygen atoms in total. The molecule has 0 aliphatic carbocycles. The van der Waals surface area contributed by atoms with Crippen LogP contribution in [0.3, 0.4) is 0 Å². The number of benzene rings is 1. The van der Waals surface area contributed by atoms with Crippen molar-refractivity contribution >= 4 is 35.0 Å². The number of amides is 1. The zero-order valence-electron chi connectivity index (χ0n) is 10.3. The molecule has 0 spiro atoms. The second kappa shape index (κ2) is 6.11. The number of nitrogens with zero attached hydrogens (tertiary/aromatic N) is 3. The second-order valence-electron chi connectivity index (χ2n) is 4.14. The highest BCUT2D eigenvalue weighted by molar-refractivity contribution is 7.99. The van der Waals surface area contributed by atoms with Crippen molar-refractivity contribution in [2.45, 2.75) is 6.04 Å². The maximum absolute atomic E-state index is 12.4. The Morgan fingerprint density at radius 1 is 1.60 bits per heavy atom. The first kappa shape index (κ1) is 14.6. The summed E-state index contributed by atoms with van der Waals surface area (Å²) in [5.41, 5.74) is -0.371. The van der Waals surface area contributed by atoms with Crippen molar-refractivity contribution < 1.29 is 9.72 Å². The molecule has 1 heterocycles. The van der Waals surface area contributed by atoms with Crippen molar-refractivity contribution in [1.82, 2.24) is 4.90 Å². The van der Waals surface area contributed by atoms with Crippen molar-refractivity contribution in [3.05, 3.63) is 38.9 Å². The zero-order chi connectivity index (χ0) is 14.7. The summed E-state index contributed by atoms with van der Waals surface area (Å²) in [5, 5.41) is 20.3. The van der Waals surface area contributed by atoms with E-state index in [1.165, 1.54) is 17.0 Å². The minimum Gasteiger partial charge on any atom is -0.321 e. The molecule has 1 aliphatic rings. The Morgan fingerprint density at radius 3 is 3.00 bits per heavy atom. The van der Waals surface area contributed by atoms with Gasteiger partial charge < -0.3 is 4.90 Å². The Bertz CT molecular complexity index is 602. The van der Waals surface area contributed by atoms with Gasteiger partial charge in [0.15, 0.2) is 0 Å². The minimum absolute atomic E-state index is 0.0356. The van der Waals surface area contributed by atoms with Gasteiger partial charge in [0.1, 0.15) is 11.6 Å². The van der Waals surface area contributed by atoms with Gasteiger partial charge in [-0.05, 0) is 12.1 Å². The van der Waals surface area contributed by atoms with Crippen LogP contribution in [0.15, 0.2) is 18.2 Å². The lowest BCUT2D eigenvalue weighted by atomic mass is 10.1. The van der Waals surface area contributed by atoms with Crippen LogP contribution in [0.4, 0.5) is 5.69 Å². The van der Waals surface area contributed by atoms with Gasteiger partial charge in [-0.2, -0.15) is 17.0 Å². The van der Waals surface area contributed by atoms with Crippen molar-refractivity contribution in [2.75, 3.05) is 18.1 Å². The number of rotatable bonds is 2. The normalized spacial score (nSPS) is 18.4. The fourth-order valence-corrected chi connectivity index (χ4v) is 3.08. The SMILES string of the molecule is N#C[C@@H]1CSCCN1C(=O)c1ccc(Cl)cc1[N+](=O)[O-]. The van der Waals surface area contributed by atoms with E-state index in [2.05, 4.69) is 6.07 Å². The number of hydrogen-bond acceptors (Lipinski definition) is 5. The molecule has 0 saturated carbocycles. The quantitative estimate of drug-likeness (QED) is 0.618. The standard InChI is InChI=1S/C12H10ClN3O3S/c13-8-1-2-10(11(5-8)16(18)19)12(17)15-3-4-20-7-9(15)6-14/h1-2,5,9H,3-4,7H2/t9-/m1/s1. The molecular formula is C12H10ClN3O3S. The summed E-state index contributed by atoms with van der Waals surface area (Å²) in [7, 11) is 0. The Kier molecular flexibility index (Phi) is 4.47. The molecule has 1 atom stereocenters. The van der Waals surface area contributed by atoms with Gasteiger partial charge in [-0.15, -0.1) is 0 Å². The van der Waals surface area contributed by atoms with E-state index >= 15 is 0 Å². The van der Waals surface area contributed by atoms with Crippen LogP contribution >= 0.6 is 23.4 Å². The fraction of sp³-hybridized carbons (Fsp3) is 0.333. The molecule has 0 bridgehead atoms. The van der Waals surface area contributed by atoms with Crippen molar-refractivity contribution in [2.24, 2.45) is 0 Å². The number of nitriles is 1. The first-order valence-electron chi connectivity index (χ1n) is 5.77. The number of halogens is 1. The Morgan fingerprint density at radius 2 is 2.35 bits per heavy atom. The molecule has 104 valence electrons. The summed E-state index contributed by atoms with van der Waals surface area (Å²) in [4.78, 5) is 24.2. The summed E-state index contributed by atoms with van der Waals surface area (Å²) in [6, 6.07) is 5.41. The van der Waals surface area contributed by atoms with Crippen LogP contribution in [0.2, 0.25) is 5.02 Å². The smallest absolute Gasteiger partial charge is 0.283 e. The first-order chi connectivity index (χ1) is 9.54. The summed E-state index contributed by atoms with van der Waals surface area (Å²) >= 11 is 7.31. The van der Waals surface area contributed by atoms with Gasteiger partial charge >= 0.3 is 0 Å². The van der Waals surface area contributed by atoms with E-state index in [9.17, 15) is 14.9 Å². The highest BCUT2D eigenvalue weighted by Gasteiger charge is 2.31. The van der Waals surface area contributed by atoms with Crippen LogP contribution in [0.1, 0.15) is 10.4 Å². The summed E-state index contributed by atoms with van der Waals surface area (Å²) in [6.45, 7) is 0.404. The van der Waals surface area contributed by atoms with Crippen LogP contribution in [-0.4, -0.2) is 39.8 Å². The summed E-state index contributed by atoms with van der Waals surface area (Å²) < 4.78 is 0. The van der Waals surface area contributed by atoms with Crippen LogP contribution in [0.5, 0.6) is 0 Å². The van der Waals surface area contributed by atoms with Gasteiger partial charge in [0.25, 0.3) is 11.6 Å². The molecule has 1 aromatic rings. The maximum atomic E-state index is 12.4. The molecule has 0 unspecified atom stereocenters. The molecule has 0 N–H and O–H groups in total. The largest absolute Gasteiger partial charge is 0.321 e. The van der Waals surface area contributed by atoms with Gasteiger partial charge in [0.05, 0.1) is 11.0 Å². The lowest BCUT2D eigenvalue weighted by Gasteiger charge is -2.30. The minimum atomic E-state index is -0.640.